The Hall–Kier alpha value is -2.49. The Morgan fingerprint density at radius 3 is 2.30 bits per heavy atom. The summed E-state index contributed by atoms with van der Waals surface area (Å²) < 4.78 is 10.3. The summed E-state index contributed by atoms with van der Waals surface area (Å²) in [7, 11) is 3.09. The first-order valence-corrected chi connectivity index (χ1v) is 6.24. The van der Waals surface area contributed by atoms with Crippen LogP contribution in [0, 0.1) is 6.92 Å². The van der Waals surface area contributed by atoms with Gasteiger partial charge in [0.1, 0.15) is 11.5 Å². The summed E-state index contributed by atoms with van der Waals surface area (Å²) in [5, 5.41) is 2.84. The van der Waals surface area contributed by atoms with Gasteiger partial charge in [0.15, 0.2) is 0 Å². The van der Waals surface area contributed by atoms with Crippen molar-refractivity contribution in [2.45, 2.75) is 6.92 Å². The molecule has 0 fully saturated rings. The van der Waals surface area contributed by atoms with E-state index in [2.05, 4.69) is 5.32 Å². The number of rotatable bonds is 4. The number of hydrogen-bond acceptors (Lipinski definition) is 3. The van der Waals surface area contributed by atoms with Crippen LogP contribution >= 0.6 is 0 Å². The van der Waals surface area contributed by atoms with E-state index in [1.54, 1.807) is 25.3 Å². The lowest BCUT2D eigenvalue weighted by molar-refractivity contribution is 0.102. The Bertz CT molecular complexity index is 606. The molecule has 20 heavy (non-hydrogen) atoms. The highest BCUT2D eigenvalue weighted by Gasteiger charge is 2.13. The van der Waals surface area contributed by atoms with Crippen molar-refractivity contribution in [2.24, 2.45) is 0 Å². The van der Waals surface area contributed by atoms with Crippen LogP contribution in [0.3, 0.4) is 0 Å². The Labute approximate surface area is 118 Å². The fourth-order valence-electron chi connectivity index (χ4n) is 1.83. The molecule has 0 unspecified atom stereocenters. The molecule has 4 nitrogen and oxygen atoms in total. The number of ether oxygens (including phenoxy) is 2. The highest BCUT2D eigenvalue weighted by Crippen LogP contribution is 2.25. The van der Waals surface area contributed by atoms with Gasteiger partial charge in [-0.15, -0.1) is 0 Å². The monoisotopic (exact) mass is 271 g/mol. The molecule has 0 spiro atoms. The molecule has 4 heteroatoms. The molecule has 2 rings (SSSR count). The lowest BCUT2D eigenvalue weighted by atomic mass is 10.1. The summed E-state index contributed by atoms with van der Waals surface area (Å²) in [4.78, 5) is 12.3. The number of anilines is 1. The molecule has 1 amide bonds. The minimum atomic E-state index is -0.232. The second-order valence-corrected chi connectivity index (χ2v) is 4.39. The van der Waals surface area contributed by atoms with Gasteiger partial charge in [0, 0.05) is 5.69 Å². The second-order valence-electron chi connectivity index (χ2n) is 4.39. The predicted molar refractivity (Wildman–Crippen MR) is 78.7 cm³/mol. The van der Waals surface area contributed by atoms with E-state index in [0.717, 1.165) is 11.3 Å². The zero-order valence-electron chi connectivity index (χ0n) is 11.8. The van der Waals surface area contributed by atoms with Crippen LogP contribution in [0.2, 0.25) is 0 Å². The van der Waals surface area contributed by atoms with Crippen molar-refractivity contribution in [3.63, 3.8) is 0 Å². The van der Waals surface area contributed by atoms with Gasteiger partial charge in [-0.25, -0.2) is 0 Å². The summed E-state index contributed by atoms with van der Waals surface area (Å²) in [6.07, 6.45) is 0. The molecule has 0 saturated heterocycles. The van der Waals surface area contributed by atoms with Gasteiger partial charge in [-0.3, -0.25) is 4.79 Å². The van der Waals surface area contributed by atoms with Crippen LogP contribution < -0.4 is 14.8 Å². The van der Waals surface area contributed by atoms with Crippen molar-refractivity contribution in [1.29, 1.82) is 0 Å². The van der Waals surface area contributed by atoms with Gasteiger partial charge in [0.05, 0.1) is 19.8 Å². The first-order valence-electron chi connectivity index (χ1n) is 6.24. The number of methoxy groups -OCH3 is 2. The molecular weight excluding hydrogens is 254 g/mol. The van der Waals surface area contributed by atoms with Crippen LogP contribution in [0.1, 0.15) is 15.9 Å². The minimum absolute atomic E-state index is 0.232. The van der Waals surface area contributed by atoms with Crippen LogP contribution in [-0.2, 0) is 0 Å². The summed E-state index contributed by atoms with van der Waals surface area (Å²) in [5.41, 5.74) is 2.32. The van der Waals surface area contributed by atoms with Crippen molar-refractivity contribution in [2.75, 3.05) is 19.5 Å². The number of benzene rings is 2. The number of carbonyl (C=O) groups excluding carboxylic acids is 1. The SMILES string of the molecule is COc1ccc(OC)c(C(=O)Nc2ccc(C)cc2)c1. The molecule has 0 radical (unpaired) electrons. The largest absolute Gasteiger partial charge is 0.497 e. The first-order chi connectivity index (χ1) is 9.63. The third-order valence-corrected chi connectivity index (χ3v) is 2.96. The fraction of sp³-hybridized carbons (Fsp3) is 0.188. The van der Waals surface area contributed by atoms with Gasteiger partial charge in [0.25, 0.3) is 5.91 Å². The molecule has 104 valence electrons. The zero-order chi connectivity index (χ0) is 14.5. The molecule has 0 aromatic heterocycles. The van der Waals surface area contributed by atoms with Crippen molar-refractivity contribution >= 4 is 11.6 Å². The topological polar surface area (TPSA) is 47.6 Å². The maximum Gasteiger partial charge on any atom is 0.259 e. The van der Waals surface area contributed by atoms with Crippen LogP contribution in [0.25, 0.3) is 0 Å². The average Bonchev–Trinajstić information content (AvgIpc) is 2.48. The Kier molecular flexibility index (Phi) is 4.25. The van der Waals surface area contributed by atoms with E-state index < -0.39 is 0 Å². The van der Waals surface area contributed by atoms with E-state index in [1.165, 1.54) is 7.11 Å². The molecule has 2 aromatic carbocycles. The fourth-order valence-corrected chi connectivity index (χ4v) is 1.83. The molecule has 1 N–H and O–H groups in total. The number of aryl methyl sites for hydroxylation is 1. The van der Waals surface area contributed by atoms with Crippen molar-refractivity contribution in [1.82, 2.24) is 0 Å². The highest BCUT2D eigenvalue weighted by molar-refractivity contribution is 6.06. The van der Waals surface area contributed by atoms with E-state index in [-0.39, 0.29) is 5.91 Å². The van der Waals surface area contributed by atoms with Crippen molar-refractivity contribution < 1.29 is 14.3 Å². The van der Waals surface area contributed by atoms with Crippen LogP contribution in [0.4, 0.5) is 5.69 Å². The van der Waals surface area contributed by atoms with Crippen molar-refractivity contribution in [3.8, 4) is 11.5 Å². The molecule has 0 aliphatic carbocycles. The molecule has 0 atom stereocenters. The Morgan fingerprint density at radius 1 is 1.00 bits per heavy atom. The van der Waals surface area contributed by atoms with E-state index in [1.807, 2.05) is 31.2 Å². The summed E-state index contributed by atoms with van der Waals surface area (Å²) in [6.45, 7) is 2.00. The molecule has 0 heterocycles. The summed E-state index contributed by atoms with van der Waals surface area (Å²) >= 11 is 0. The van der Waals surface area contributed by atoms with Gasteiger partial charge in [-0.2, -0.15) is 0 Å². The van der Waals surface area contributed by atoms with Gasteiger partial charge in [-0.05, 0) is 37.3 Å². The number of hydrogen-bond donors (Lipinski definition) is 1. The Balaban J connectivity index is 2.25. The standard InChI is InChI=1S/C16H17NO3/c1-11-4-6-12(7-5-11)17-16(18)14-10-13(19-2)8-9-15(14)20-3/h4-10H,1-3H3,(H,17,18). The highest BCUT2D eigenvalue weighted by atomic mass is 16.5. The molecule has 0 aliphatic rings. The first kappa shape index (κ1) is 13.9. The lowest BCUT2D eigenvalue weighted by Crippen LogP contribution is -2.13. The normalized spacial score (nSPS) is 9.95. The predicted octanol–water partition coefficient (Wildman–Crippen LogP) is 3.26. The maximum atomic E-state index is 12.3. The molecule has 0 bridgehead atoms. The average molecular weight is 271 g/mol. The molecule has 0 saturated carbocycles. The third kappa shape index (κ3) is 3.09. The Morgan fingerprint density at radius 2 is 1.70 bits per heavy atom. The molecular formula is C16H17NO3. The lowest BCUT2D eigenvalue weighted by Gasteiger charge is -2.11. The van der Waals surface area contributed by atoms with E-state index >= 15 is 0 Å². The number of carbonyl (C=O) groups is 1. The van der Waals surface area contributed by atoms with E-state index in [4.69, 9.17) is 9.47 Å². The van der Waals surface area contributed by atoms with E-state index in [9.17, 15) is 4.79 Å². The van der Waals surface area contributed by atoms with Gasteiger partial charge >= 0.3 is 0 Å². The summed E-state index contributed by atoms with van der Waals surface area (Å²) in [5.74, 6) is 0.889. The maximum absolute atomic E-state index is 12.3. The van der Waals surface area contributed by atoms with Crippen LogP contribution in [0.15, 0.2) is 42.5 Å². The van der Waals surface area contributed by atoms with Crippen molar-refractivity contribution in [3.05, 3.63) is 53.6 Å². The van der Waals surface area contributed by atoms with Gasteiger partial charge < -0.3 is 14.8 Å². The summed E-state index contributed by atoms with van der Waals surface area (Å²) in [6, 6.07) is 12.7. The van der Waals surface area contributed by atoms with Gasteiger partial charge in [-0.1, -0.05) is 17.7 Å². The van der Waals surface area contributed by atoms with E-state index in [0.29, 0.717) is 17.1 Å². The minimum Gasteiger partial charge on any atom is -0.497 e. The molecule has 2 aromatic rings. The smallest absolute Gasteiger partial charge is 0.259 e. The second kappa shape index (κ2) is 6.10. The van der Waals surface area contributed by atoms with Crippen LogP contribution in [0.5, 0.6) is 11.5 Å². The van der Waals surface area contributed by atoms with Gasteiger partial charge in [0.2, 0.25) is 0 Å². The van der Waals surface area contributed by atoms with Crippen LogP contribution in [-0.4, -0.2) is 20.1 Å². The molecule has 0 aliphatic heterocycles. The quantitative estimate of drug-likeness (QED) is 0.928. The third-order valence-electron chi connectivity index (χ3n) is 2.96. The zero-order valence-corrected chi connectivity index (χ0v) is 11.8. The number of amides is 1. The number of nitrogens with one attached hydrogen (secondary N) is 1.